The van der Waals surface area contributed by atoms with Crippen LogP contribution in [0.15, 0.2) is 24.3 Å². The van der Waals surface area contributed by atoms with Crippen LogP contribution in [0.4, 0.5) is 0 Å². The van der Waals surface area contributed by atoms with Crippen molar-refractivity contribution in [2.24, 2.45) is 0 Å². The average molecular weight is 378 g/mol. The molecule has 4 heteroatoms. The smallest absolute Gasteiger partial charge is 0.336 e. The van der Waals surface area contributed by atoms with Crippen LogP contribution in [-0.2, 0) is 5.88 Å². The monoisotopic (exact) mass is 378 g/mol. The van der Waals surface area contributed by atoms with Gasteiger partial charge in [0.1, 0.15) is 0 Å². The summed E-state index contributed by atoms with van der Waals surface area (Å²) in [7, 11) is 0. The molecule has 62 valence electrons. The van der Waals surface area contributed by atoms with Crippen LogP contribution in [-0.4, -0.2) is 38.4 Å². The molecule has 1 aromatic rings. The number of carboxylic acids is 1. The van der Waals surface area contributed by atoms with Crippen molar-refractivity contribution in [3.8, 4) is 0 Å². The number of carboxylic acid groups (broad SMARTS) is 1. The molecule has 4 radical (unpaired) electrons. The first kappa shape index (κ1) is 11.9. The van der Waals surface area contributed by atoms with E-state index in [-0.39, 0.29) is 38.7 Å². The minimum Gasteiger partial charge on any atom is -0.478 e. The SMILES string of the molecule is O=C(O)c1ccccc1CCl.[Pb]. The first-order valence-electron chi connectivity index (χ1n) is 3.13. The number of halogens is 1. The van der Waals surface area contributed by atoms with Gasteiger partial charge in [0.25, 0.3) is 0 Å². The van der Waals surface area contributed by atoms with Crippen molar-refractivity contribution in [1.29, 1.82) is 0 Å². The van der Waals surface area contributed by atoms with Crippen molar-refractivity contribution >= 4 is 44.9 Å². The van der Waals surface area contributed by atoms with Crippen LogP contribution in [0.25, 0.3) is 0 Å². The molecule has 0 unspecified atom stereocenters. The summed E-state index contributed by atoms with van der Waals surface area (Å²) in [6.45, 7) is 0. The van der Waals surface area contributed by atoms with Gasteiger partial charge in [-0.05, 0) is 11.6 Å². The van der Waals surface area contributed by atoms with E-state index in [4.69, 9.17) is 16.7 Å². The standard InChI is InChI=1S/C8H7ClO2.Pb/c9-5-6-3-1-2-4-7(6)8(10)11;/h1-4H,5H2,(H,10,11);. The maximum Gasteiger partial charge on any atom is 0.336 e. The Morgan fingerprint density at radius 2 is 2.00 bits per heavy atom. The zero-order valence-electron chi connectivity index (χ0n) is 6.25. The fourth-order valence-corrected chi connectivity index (χ4v) is 1.08. The normalized spacial score (nSPS) is 8.75. The van der Waals surface area contributed by atoms with E-state index in [9.17, 15) is 4.79 Å². The molecular formula is C8H7ClO2Pb. The Kier molecular flexibility index (Phi) is 5.49. The summed E-state index contributed by atoms with van der Waals surface area (Å²) >= 11 is 5.51. The van der Waals surface area contributed by atoms with Gasteiger partial charge < -0.3 is 5.11 Å². The molecule has 0 spiro atoms. The van der Waals surface area contributed by atoms with E-state index in [0.717, 1.165) is 0 Å². The fraction of sp³-hybridized carbons (Fsp3) is 0.125. The Hall–Kier alpha value is -0.0979. The second kappa shape index (κ2) is 5.53. The van der Waals surface area contributed by atoms with Crippen LogP contribution in [0.5, 0.6) is 0 Å². The summed E-state index contributed by atoms with van der Waals surface area (Å²) in [4.78, 5) is 10.5. The van der Waals surface area contributed by atoms with Crippen molar-refractivity contribution < 1.29 is 9.90 Å². The van der Waals surface area contributed by atoms with Crippen LogP contribution in [0.1, 0.15) is 15.9 Å². The van der Waals surface area contributed by atoms with Gasteiger partial charge in [0, 0.05) is 33.2 Å². The molecule has 1 aromatic carbocycles. The zero-order chi connectivity index (χ0) is 8.27. The maximum atomic E-state index is 10.5. The van der Waals surface area contributed by atoms with Gasteiger partial charge in [-0.25, -0.2) is 4.79 Å². The first-order chi connectivity index (χ1) is 5.25. The molecule has 0 aromatic heterocycles. The maximum absolute atomic E-state index is 10.5. The average Bonchev–Trinajstić information content (AvgIpc) is 2.04. The van der Waals surface area contributed by atoms with Gasteiger partial charge in [0.05, 0.1) is 5.56 Å². The Morgan fingerprint density at radius 1 is 1.42 bits per heavy atom. The van der Waals surface area contributed by atoms with Crippen molar-refractivity contribution in [2.75, 3.05) is 0 Å². The number of aromatic carboxylic acids is 1. The molecule has 0 bridgehead atoms. The number of alkyl halides is 1. The second-order valence-corrected chi connectivity index (χ2v) is 2.36. The molecule has 0 aliphatic carbocycles. The summed E-state index contributed by atoms with van der Waals surface area (Å²) in [6.07, 6.45) is 0. The van der Waals surface area contributed by atoms with Gasteiger partial charge in [0.15, 0.2) is 0 Å². The number of hydrogen-bond acceptors (Lipinski definition) is 1. The predicted molar refractivity (Wildman–Crippen MR) is 48.7 cm³/mol. The molecular weight excluding hydrogens is 371 g/mol. The summed E-state index contributed by atoms with van der Waals surface area (Å²) in [5.74, 6) is -0.691. The van der Waals surface area contributed by atoms with Crippen LogP contribution < -0.4 is 0 Å². The van der Waals surface area contributed by atoms with Gasteiger partial charge in [0.2, 0.25) is 0 Å². The molecule has 0 aliphatic heterocycles. The molecule has 1 N–H and O–H groups in total. The minimum atomic E-state index is -0.929. The zero-order valence-corrected chi connectivity index (χ0v) is 10.9. The van der Waals surface area contributed by atoms with Crippen molar-refractivity contribution in [1.82, 2.24) is 0 Å². The molecule has 0 fully saturated rings. The van der Waals surface area contributed by atoms with Gasteiger partial charge in [-0.2, -0.15) is 0 Å². The molecule has 12 heavy (non-hydrogen) atoms. The molecule has 0 heterocycles. The third-order valence-electron chi connectivity index (χ3n) is 1.39. The van der Waals surface area contributed by atoms with Crippen LogP contribution in [0.3, 0.4) is 0 Å². The minimum absolute atomic E-state index is 0. The molecule has 0 atom stereocenters. The fourth-order valence-electron chi connectivity index (χ4n) is 0.845. The van der Waals surface area contributed by atoms with Crippen LogP contribution in [0, 0.1) is 0 Å². The Balaban J connectivity index is 0.00000121. The molecule has 0 saturated carbocycles. The van der Waals surface area contributed by atoms with E-state index < -0.39 is 5.97 Å². The second-order valence-electron chi connectivity index (χ2n) is 2.10. The third-order valence-corrected chi connectivity index (χ3v) is 1.68. The van der Waals surface area contributed by atoms with Crippen molar-refractivity contribution in [3.63, 3.8) is 0 Å². The number of hydrogen-bond donors (Lipinski definition) is 1. The van der Waals surface area contributed by atoms with Crippen LogP contribution in [0.2, 0.25) is 0 Å². The van der Waals surface area contributed by atoms with E-state index in [0.29, 0.717) is 5.56 Å². The number of carbonyl (C=O) groups is 1. The molecule has 0 amide bonds. The summed E-state index contributed by atoms with van der Waals surface area (Å²) < 4.78 is 0. The Labute approximate surface area is 95.7 Å². The molecule has 0 aliphatic rings. The van der Waals surface area contributed by atoms with Crippen molar-refractivity contribution in [2.45, 2.75) is 5.88 Å². The largest absolute Gasteiger partial charge is 0.478 e. The van der Waals surface area contributed by atoms with E-state index in [2.05, 4.69) is 0 Å². The van der Waals surface area contributed by atoms with Crippen LogP contribution >= 0.6 is 11.6 Å². The van der Waals surface area contributed by atoms with E-state index in [1.54, 1.807) is 24.3 Å². The van der Waals surface area contributed by atoms with Gasteiger partial charge in [-0.1, -0.05) is 18.2 Å². The molecule has 1 rings (SSSR count). The summed E-state index contributed by atoms with van der Waals surface area (Å²) in [6, 6.07) is 6.69. The number of benzene rings is 1. The Morgan fingerprint density at radius 3 is 2.42 bits per heavy atom. The summed E-state index contributed by atoms with van der Waals surface area (Å²) in [5.41, 5.74) is 0.934. The Bertz CT molecular complexity index is 276. The van der Waals surface area contributed by atoms with Gasteiger partial charge in [-0.15, -0.1) is 11.6 Å². The van der Waals surface area contributed by atoms with Gasteiger partial charge >= 0.3 is 5.97 Å². The van der Waals surface area contributed by atoms with Gasteiger partial charge in [-0.3, -0.25) is 0 Å². The predicted octanol–water partition coefficient (Wildman–Crippen LogP) is 1.74. The summed E-state index contributed by atoms with van der Waals surface area (Å²) in [5, 5.41) is 8.64. The molecule has 0 saturated heterocycles. The molecule has 2 nitrogen and oxygen atoms in total. The first-order valence-corrected chi connectivity index (χ1v) is 3.66. The topological polar surface area (TPSA) is 37.3 Å². The van der Waals surface area contributed by atoms with E-state index in [1.165, 1.54) is 0 Å². The third kappa shape index (κ3) is 2.75. The van der Waals surface area contributed by atoms with Crippen molar-refractivity contribution in [3.05, 3.63) is 35.4 Å². The van der Waals surface area contributed by atoms with E-state index >= 15 is 0 Å². The number of rotatable bonds is 2. The quantitative estimate of drug-likeness (QED) is 0.630. The van der Waals surface area contributed by atoms with E-state index in [1.807, 2.05) is 0 Å².